The number of nitrogens with zero attached hydrogens (tertiary/aromatic N) is 1. The molecule has 4 unspecified atom stereocenters. The highest BCUT2D eigenvalue weighted by Crippen LogP contribution is 2.44. The van der Waals surface area contributed by atoms with Crippen LogP contribution >= 0.6 is 0 Å². The summed E-state index contributed by atoms with van der Waals surface area (Å²) in [6.45, 7) is 6.23. The molecule has 4 atom stereocenters. The highest BCUT2D eigenvalue weighted by Gasteiger charge is 2.38. The first-order valence-electron chi connectivity index (χ1n) is 7.82. The van der Waals surface area contributed by atoms with Gasteiger partial charge in [0.25, 0.3) is 0 Å². The third-order valence-electron chi connectivity index (χ3n) is 5.54. The maximum absolute atomic E-state index is 3.84. The predicted octanol–water partition coefficient (Wildman–Crippen LogP) is 2.52. The monoisotopic (exact) mass is 248 g/mol. The van der Waals surface area contributed by atoms with Gasteiger partial charge in [-0.05, 0) is 83.0 Å². The van der Waals surface area contributed by atoms with Crippen molar-refractivity contribution in [2.45, 2.75) is 38.6 Å². The lowest BCUT2D eigenvalue weighted by molar-refractivity contribution is 0.206. The fourth-order valence-electron chi connectivity index (χ4n) is 4.17. The van der Waals surface area contributed by atoms with Crippen LogP contribution in [0.1, 0.15) is 32.6 Å². The first-order chi connectivity index (χ1) is 8.72. The summed E-state index contributed by atoms with van der Waals surface area (Å²) in [7, 11) is 2.24. The van der Waals surface area contributed by atoms with Crippen molar-refractivity contribution in [2.75, 3.05) is 26.7 Å². The largest absolute Gasteiger partial charge is 0.314 e. The van der Waals surface area contributed by atoms with Gasteiger partial charge in [-0.3, -0.25) is 0 Å². The van der Waals surface area contributed by atoms with Crippen LogP contribution in [0, 0.1) is 23.7 Å². The predicted molar refractivity (Wildman–Crippen MR) is 76.5 cm³/mol. The minimum Gasteiger partial charge on any atom is -0.314 e. The van der Waals surface area contributed by atoms with Crippen LogP contribution in [-0.4, -0.2) is 37.6 Å². The Morgan fingerprint density at radius 3 is 2.61 bits per heavy atom. The standard InChI is InChI=1S/C16H28N2/c1-12(16-10-14-3-4-15(16)9-14)17-11-13-5-7-18(2)8-6-13/h3-4,12-17H,5-11H2,1-2H3. The molecule has 18 heavy (non-hydrogen) atoms. The van der Waals surface area contributed by atoms with Crippen LogP contribution in [-0.2, 0) is 0 Å². The number of allylic oxidation sites excluding steroid dienone is 2. The van der Waals surface area contributed by atoms with E-state index in [0.717, 1.165) is 23.7 Å². The summed E-state index contributed by atoms with van der Waals surface area (Å²) in [4.78, 5) is 2.46. The molecule has 2 bridgehead atoms. The molecule has 3 aliphatic rings. The molecular formula is C16H28N2. The van der Waals surface area contributed by atoms with Gasteiger partial charge in [0, 0.05) is 6.04 Å². The number of hydrogen-bond acceptors (Lipinski definition) is 2. The molecule has 3 rings (SSSR count). The van der Waals surface area contributed by atoms with E-state index in [1.807, 2.05) is 0 Å². The zero-order valence-electron chi connectivity index (χ0n) is 11.9. The van der Waals surface area contributed by atoms with Crippen molar-refractivity contribution in [2.24, 2.45) is 23.7 Å². The molecule has 1 N–H and O–H groups in total. The molecule has 0 aromatic carbocycles. The minimum atomic E-state index is 0.713. The van der Waals surface area contributed by atoms with Crippen molar-refractivity contribution in [3.8, 4) is 0 Å². The Morgan fingerprint density at radius 2 is 2.00 bits per heavy atom. The molecular weight excluding hydrogens is 220 g/mol. The maximum atomic E-state index is 3.84. The smallest absolute Gasteiger partial charge is 0.00729 e. The van der Waals surface area contributed by atoms with Crippen molar-refractivity contribution in [3.05, 3.63) is 12.2 Å². The second-order valence-electron chi connectivity index (χ2n) is 6.89. The average molecular weight is 248 g/mol. The van der Waals surface area contributed by atoms with Crippen molar-refractivity contribution in [1.82, 2.24) is 10.2 Å². The molecule has 0 spiro atoms. The SMILES string of the molecule is CC(NCC1CCN(C)CC1)C1CC2C=CC1C2. The molecule has 1 heterocycles. The van der Waals surface area contributed by atoms with Gasteiger partial charge >= 0.3 is 0 Å². The van der Waals surface area contributed by atoms with Crippen LogP contribution in [0.4, 0.5) is 0 Å². The third kappa shape index (κ3) is 2.65. The van der Waals surface area contributed by atoms with Gasteiger partial charge in [-0.25, -0.2) is 0 Å². The van der Waals surface area contributed by atoms with E-state index in [1.165, 1.54) is 45.3 Å². The van der Waals surface area contributed by atoms with Crippen LogP contribution in [0.3, 0.4) is 0 Å². The number of hydrogen-bond donors (Lipinski definition) is 1. The zero-order chi connectivity index (χ0) is 12.5. The molecule has 0 aromatic heterocycles. The highest BCUT2D eigenvalue weighted by atomic mass is 15.1. The summed E-state index contributed by atoms with van der Waals surface area (Å²) < 4.78 is 0. The van der Waals surface area contributed by atoms with Gasteiger partial charge in [0.15, 0.2) is 0 Å². The van der Waals surface area contributed by atoms with E-state index < -0.39 is 0 Å². The number of nitrogens with one attached hydrogen (secondary N) is 1. The number of rotatable bonds is 4. The van der Waals surface area contributed by atoms with E-state index >= 15 is 0 Å². The van der Waals surface area contributed by atoms with Crippen molar-refractivity contribution in [1.29, 1.82) is 0 Å². The summed E-state index contributed by atoms with van der Waals surface area (Å²) in [5.74, 6) is 3.62. The molecule has 102 valence electrons. The Bertz CT molecular complexity index is 304. The molecule has 0 radical (unpaired) electrons. The fraction of sp³-hybridized carbons (Fsp3) is 0.875. The van der Waals surface area contributed by atoms with Gasteiger partial charge in [0.1, 0.15) is 0 Å². The normalized spacial score (nSPS) is 38.4. The molecule has 0 amide bonds. The Kier molecular flexibility index (Phi) is 3.76. The molecule has 2 fully saturated rings. The molecule has 1 aliphatic heterocycles. The lowest BCUT2D eigenvalue weighted by atomic mass is 9.87. The van der Waals surface area contributed by atoms with Gasteiger partial charge < -0.3 is 10.2 Å². The van der Waals surface area contributed by atoms with E-state index in [2.05, 4.69) is 36.3 Å². The van der Waals surface area contributed by atoms with E-state index in [1.54, 1.807) is 0 Å². The second-order valence-corrected chi connectivity index (χ2v) is 6.89. The Labute approximate surface area is 112 Å². The van der Waals surface area contributed by atoms with Crippen LogP contribution < -0.4 is 5.32 Å². The third-order valence-corrected chi connectivity index (χ3v) is 5.54. The summed E-state index contributed by atoms with van der Waals surface area (Å²) in [5.41, 5.74) is 0. The quantitative estimate of drug-likeness (QED) is 0.769. The fourth-order valence-corrected chi connectivity index (χ4v) is 4.17. The first-order valence-corrected chi connectivity index (χ1v) is 7.82. The summed E-state index contributed by atoms with van der Waals surface area (Å²) in [5, 5.41) is 3.84. The average Bonchev–Trinajstić information content (AvgIpc) is 3.00. The van der Waals surface area contributed by atoms with Crippen molar-refractivity contribution >= 4 is 0 Å². The van der Waals surface area contributed by atoms with E-state index in [-0.39, 0.29) is 0 Å². The molecule has 0 aromatic rings. The maximum Gasteiger partial charge on any atom is 0.00729 e. The summed E-state index contributed by atoms with van der Waals surface area (Å²) >= 11 is 0. The van der Waals surface area contributed by atoms with Crippen LogP contribution in [0.25, 0.3) is 0 Å². The Morgan fingerprint density at radius 1 is 1.22 bits per heavy atom. The second kappa shape index (κ2) is 5.34. The van der Waals surface area contributed by atoms with Crippen molar-refractivity contribution < 1.29 is 0 Å². The number of fused-ring (bicyclic) bond motifs is 2. The number of likely N-dealkylation sites (tertiary alicyclic amines) is 1. The molecule has 1 saturated heterocycles. The molecule has 2 nitrogen and oxygen atoms in total. The lowest BCUT2D eigenvalue weighted by Crippen LogP contribution is -2.41. The van der Waals surface area contributed by atoms with Gasteiger partial charge in [0.05, 0.1) is 0 Å². The van der Waals surface area contributed by atoms with E-state index in [9.17, 15) is 0 Å². The molecule has 2 heteroatoms. The molecule has 2 aliphatic carbocycles. The van der Waals surface area contributed by atoms with Gasteiger partial charge in [0.2, 0.25) is 0 Å². The Hall–Kier alpha value is -0.340. The minimum absolute atomic E-state index is 0.713. The van der Waals surface area contributed by atoms with Crippen LogP contribution in [0.15, 0.2) is 12.2 Å². The highest BCUT2D eigenvalue weighted by molar-refractivity contribution is 5.11. The molecule has 1 saturated carbocycles. The lowest BCUT2D eigenvalue weighted by Gasteiger charge is -2.32. The topological polar surface area (TPSA) is 15.3 Å². The number of piperidine rings is 1. The van der Waals surface area contributed by atoms with Crippen LogP contribution in [0.2, 0.25) is 0 Å². The van der Waals surface area contributed by atoms with Crippen LogP contribution in [0.5, 0.6) is 0 Å². The summed E-state index contributed by atoms with van der Waals surface area (Å²) in [6.07, 6.45) is 10.6. The van der Waals surface area contributed by atoms with E-state index in [0.29, 0.717) is 6.04 Å². The Balaban J connectivity index is 1.42. The van der Waals surface area contributed by atoms with Crippen molar-refractivity contribution in [3.63, 3.8) is 0 Å². The van der Waals surface area contributed by atoms with Gasteiger partial charge in [-0.2, -0.15) is 0 Å². The first kappa shape index (κ1) is 12.7. The van der Waals surface area contributed by atoms with E-state index in [4.69, 9.17) is 0 Å². The zero-order valence-corrected chi connectivity index (χ0v) is 11.9. The summed E-state index contributed by atoms with van der Waals surface area (Å²) in [6, 6.07) is 0.713. The van der Waals surface area contributed by atoms with Gasteiger partial charge in [-0.15, -0.1) is 0 Å². The van der Waals surface area contributed by atoms with Gasteiger partial charge in [-0.1, -0.05) is 12.2 Å².